The highest BCUT2D eigenvalue weighted by molar-refractivity contribution is 5.93. The fraction of sp³-hybridized carbons (Fsp3) is 0.100. The van der Waals surface area contributed by atoms with E-state index < -0.39 is 23.5 Å². The molecule has 3 nitrogen and oxygen atoms in total. The average Bonchev–Trinajstić information content (AvgIpc) is 2.57. The number of carboxylic acid groups (broad SMARTS) is 1. The quantitative estimate of drug-likeness (QED) is 0.761. The molecule has 0 aliphatic heterocycles. The molecule has 17 heavy (non-hydrogen) atoms. The van der Waals surface area contributed by atoms with Crippen LogP contribution in [0.2, 0.25) is 0 Å². The van der Waals surface area contributed by atoms with E-state index in [1.807, 2.05) is 0 Å². The average molecular weight is 247 g/mol. The Hall–Kier alpha value is -2.05. The van der Waals surface area contributed by atoms with Gasteiger partial charge in [0.15, 0.2) is 0 Å². The van der Waals surface area contributed by atoms with Crippen molar-refractivity contribution in [3.63, 3.8) is 0 Å². The minimum absolute atomic E-state index is 0.0730. The summed E-state index contributed by atoms with van der Waals surface area (Å²) in [5.74, 6) is -2.75. The van der Waals surface area contributed by atoms with Crippen LogP contribution in [0.4, 0.5) is 17.6 Å². The molecule has 0 saturated carbocycles. The predicted octanol–water partition coefficient (Wildman–Crippen LogP) is 3.02. The summed E-state index contributed by atoms with van der Waals surface area (Å²) in [5.41, 5.74) is -1.79. The van der Waals surface area contributed by atoms with Crippen LogP contribution in [0.5, 0.6) is 0 Å². The summed E-state index contributed by atoms with van der Waals surface area (Å²) in [7, 11) is 0. The Bertz CT molecular complexity index is 600. The number of aromatic nitrogens is 1. The van der Waals surface area contributed by atoms with Crippen LogP contribution in [0.15, 0.2) is 18.2 Å². The third kappa shape index (κ3) is 1.95. The zero-order valence-corrected chi connectivity index (χ0v) is 8.10. The number of nitrogens with one attached hydrogen (secondary N) is 1. The largest absolute Gasteiger partial charge is 0.477 e. The Balaban J connectivity index is 2.68. The van der Waals surface area contributed by atoms with E-state index >= 15 is 0 Å². The normalized spacial score (nSPS) is 12.0. The number of carbonyl (C=O) groups is 1. The zero-order chi connectivity index (χ0) is 12.8. The SMILES string of the molecule is O=C(O)c1cc2cc(F)c(C(F)(F)F)cc2[nH]1. The van der Waals surface area contributed by atoms with Gasteiger partial charge >= 0.3 is 12.1 Å². The molecule has 0 spiro atoms. The van der Waals surface area contributed by atoms with Gasteiger partial charge in [-0.25, -0.2) is 9.18 Å². The van der Waals surface area contributed by atoms with Gasteiger partial charge in [0, 0.05) is 10.9 Å². The van der Waals surface area contributed by atoms with Crippen molar-refractivity contribution in [1.29, 1.82) is 0 Å². The summed E-state index contributed by atoms with van der Waals surface area (Å²) in [6.07, 6.45) is -4.81. The van der Waals surface area contributed by atoms with E-state index in [1.165, 1.54) is 0 Å². The number of H-pyrrole nitrogens is 1. The summed E-state index contributed by atoms with van der Waals surface area (Å²) in [6.45, 7) is 0. The summed E-state index contributed by atoms with van der Waals surface area (Å²) < 4.78 is 50.3. The first-order chi connectivity index (χ1) is 7.79. The van der Waals surface area contributed by atoms with Gasteiger partial charge in [-0.1, -0.05) is 0 Å². The maximum absolute atomic E-state index is 13.1. The molecule has 1 heterocycles. The third-order valence-corrected chi connectivity index (χ3v) is 2.24. The number of hydrogen-bond acceptors (Lipinski definition) is 1. The number of halogens is 4. The number of fused-ring (bicyclic) bond motifs is 1. The van der Waals surface area contributed by atoms with Gasteiger partial charge in [-0.3, -0.25) is 0 Å². The summed E-state index contributed by atoms with van der Waals surface area (Å²) in [5, 5.41) is 8.71. The van der Waals surface area contributed by atoms with E-state index in [0.29, 0.717) is 12.1 Å². The predicted molar refractivity (Wildman–Crippen MR) is 50.2 cm³/mol. The van der Waals surface area contributed by atoms with E-state index in [9.17, 15) is 22.4 Å². The lowest BCUT2D eigenvalue weighted by atomic mass is 10.1. The minimum atomic E-state index is -4.81. The van der Waals surface area contributed by atoms with Crippen LogP contribution in [-0.2, 0) is 6.18 Å². The van der Waals surface area contributed by atoms with E-state index in [0.717, 1.165) is 6.07 Å². The summed E-state index contributed by atoms with van der Waals surface area (Å²) in [6, 6.07) is 2.28. The molecule has 2 rings (SSSR count). The van der Waals surface area contributed by atoms with E-state index in [2.05, 4.69) is 4.98 Å². The molecule has 0 fully saturated rings. The standard InChI is InChI=1S/C10H5F4NO2/c11-6-1-4-2-8(9(16)17)15-7(4)3-5(6)10(12,13)14/h1-3,15H,(H,16,17). The Labute approximate surface area is 91.7 Å². The van der Waals surface area contributed by atoms with Crippen molar-refractivity contribution in [2.24, 2.45) is 0 Å². The first-order valence-electron chi connectivity index (χ1n) is 4.42. The second-order valence-electron chi connectivity index (χ2n) is 3.41. The molecular formula is C10H5F4NO2. The highest BCUT2D eigenvalue weighted by Gasteiger charge is 2.34. The molecule has 0 radical (unpaired) electrons. The number of hydrogen-bond donors (Lipinski definition) is 2. The van der Waals surface area contributed by atoms with Gasteiger partial charge in [0.2, 0.25) is 0 Å². The molecule has 1 aromatic carbocycles. The summed E-state index contributed by atoms with van der Waals surface area (Å²) in [4.78, 5) is 12.9. The van der Waals surface area contributed by atoms with Crippen molar-refractivity contribution in [1.82, 2.24) is 4.98 Å². The minimum Gasteiger partial charge on any atom is -0.477 e. The Morgan fingerprint density at radius 3 is 2.41 bits per heavy atom. The number of alkyl halides is 3. The Morgan fingerprint density at radius 1 is 1.24 bits per heavy atom. The number of aromatic amines is 1. The molecule has 7 heteroatoms. The first-order valence-corrected chi connectivity index (χ1v) is 4.42. The van der Waals surface area contributed by atoms with Crippen molar-refractivity contribution in [3.8, 4) is 0 Å². The van der Waals surface area contributed by atoms with Crippen molar-refractivity contribution in [2.75, 3.05) is 0 Å². The monoisotopic (exact) mass is 247 g/mol. The highest BCUT2D eigenvalue weighted by atomic mass is 19.4. The summed E-state index contributed by atoms with van der Waals surface area (Å²) >= 11 is 0. The maximum atomic E-state index is 13.1. The molecule has 0 unspecified atom stereocenters. The van der Waals surface area contributed by atoms with Crippen LogP contribution < -0.4 is 0 Å². The Kier molecular flexibility index (Phi) is 2.34. The molecular weight excluding hydrogens is 242 g/mol. The first kappa shape index (κ1) is 11.4. The molecule has 2 aromatic rings. The fourth-order valence-electron chi connectivity index (χ4n) is 1.49. The molecule has 0 bridgehead atoms. The van der Waals surface area contributed by atoms with Crippen LogP contribution in [0.1, 0.15) is 16.1 Å². The number of benzene rings is 1. The van der Waals surface area contributed by atoms with Gasteiger partial charge in [-0.2, -0.15) is 13.2 Å². The molecule has 90 valence electrons. The maximum Gasteiger partial charge on any atom is 0.419 e. The van der Waals surface area contributed by atoms with Gasteiger partial charge < -0.3 is 10.1 Å². The molecule has 0 aliphatic carbocycles. The van der Waals surface area contributed by atoms with Gasteiger partial charge in [-0.15, -0.1) is 0 Å². The highest BCUT2D eigenvalue weighted by Crippen LogP contribution is 2.33. The van der Waals surface area contributed by atoms with Crippen LogP contribution in [0.3, 0.4) is 0 Å². The number of aromatic carboxylic acids is 1. The molecule has 1 aromatic heterocycles. The number of carboxylic acids is 1. The van der Waals surface area contributed by atoms with Crippen molar-refractivity contribution in [3.05, 3.63) is 35.3 Å². The Morgan fingerprint density at radius 2 is 1.88 bits per heavy atom. The van der Waals surface area contributed by atoms with Crippen LogP contribution in [-0.4, -0.2) is 16.1 Å². The second-order valence-corrected chi connectivity index (χ2v) is 3.41. The smallest absolute Gasteiger partial charge is 0.419 e. The topological polar surface area (TPSA) is 53.1 Å². The van der Waals surface area contributed by atoms with E-state index in [4.69, 9.17) is 5.11 Å². The fourth-order valence-corrected chi connectivity index (χ4v) is 1.49. The van der Waals surface area contributed by atoms with E-state index in [-0.39, 0.29) is 16.6 Å². The van der Waals surface area contributed by atoms with Crippen molar-refractivity contribution in [2.45, 2.75) is 6.18 Å². The molecule has 2 N–H and O–H groups in total. The molecule has 0 amide bonds. The van der Waals surface area contributed by atoms with Gasteiger partial charge in [0.25, 0.3) is 0 Å². The lowest BCUT2D eigenvalue weighted by Gasteiger charge is -2.07. The molecule has 0 saturated heterocycles. The number of rotatable bonds is 1. The third-order valence-electron chi connectivity index (χ3n) is 2.24. The van der Waals surface area contributed by atoms with Gasteiger partial charge in [-0.05, 0) is 18.2 Å². The lowest BCUT2D eigenvalue weighted by Crippen LogP contribution is -2.07. The van der Waals surface area contributed by atoms with Crippen molar-refractivity contribution < 1.29 is 27.5 Å². The zero-order valence-electron chi connectivity index (χ0n) is 8.10. The van der Waals surface area contributed by atoms with Gasteiger partial charge in [0.1, 0.15) is 11.5 Å². The second kappa shape index (κ2) is 3.47. The van der Waals surface area contributed by atoms with Crippen LogP contribution in [0.25, 0.3) is 10.9 Å². The van der Waals surface area contributed by atoms with Crippen LogP contribution >= 0.6 is 0 Å². The molecule has 0 aliphatic rings. The van der Waals surface area contributed by atoms with Crippen LogP contribution in [0, 0.1) is 5.82 Å². The lowest BCUT2D eigenvalue weighted by molar-refractivity contribution is -0.139. The van der Waals surface area contributed by atoms with Crippen molar-refractivity contribution >= 4 is 16.9 Å². The molecule has 0 atom stereocenters. The van der Waals surface area contributed by atoms with E-state index in [1.54, 1.807) is 0 Å². The van der Waals surface area contributed by atoms with Gasteiger partial charge in [0.05, 0.1) is 5.56 Å².